The van der Waals surface area contributed by atoms with Crippen molar-refractivity contribution >= 4 is 75.0 Å². The molecule has 0 aliphatic heterocycles. The number of benzene rings is 6. The average molecular weight is 598 g/mol. The van der Waals surface area contributed by atoms with Crippen LogP contribution < -0.4 is 21.9 Å². The first-order valence-corrected chi connectivity index (χ1v) is 16.1. The second-order valence-electron chi connectivity index (χ2n) is 12.2. The van der Waals surface area contributed by atoms with E-state index < -0.39 is 0 Å². The summed E-state index contributed by atoms with van der Waals surface area (Å²) in [6, 6.07) is 46.5. The molecule has 0 aliphatic rings. The third-order valence-corrected chi connectivity index (χ3v) is 9.54. The molecular weight excluding hydrogens is 568 g/mol. The van der Waals surface area contributed by atoms with Gasteiger partial charge in [-0.05, 0) is 23.8 Å². The van der Waals surface area contributed by atoms with Crippen LogP contribution in [0.2, 0.25) is 0 Å². The second-order valence-corrected chi connectivity index (χ2v) is 12.2. The molecule has 2 heterocycles. The fourth-order valence-electron chi connectivity index (χ4n) is 7.03. The smallest absolute Gasteiger partial charge is 0.164 e. The summed E-state index contributed by atoms with van der Waals surface area (Å²) in [5, 5.41) is 2.51. The highest BCUT2D eigenvalue weighted by Gasteiger charge is 2.23. The summed E-state index contributed by atoms with van der Waals surface area (Å²) in [6.07, 6.45) is 0. The molecule has 0 saturated heterocycles. The van der Waals surface area contributed by atoms with Crippen molar-refractivity contribution in [2.45, 2.75) is 0 Å². The van der Waals surface area contributed by atoms with Gasteiger partial charge in [-0.3, -0.25) is 0 Å². The van der Waals surface area contributed by atoms with Crippen molar-refractivity contribution in [1.29, 1.82) is 0 Å². The Kier molecular flexibility index (Phi) is 7.14. The highest BCUT2D eigenvalue weighted by molar-refractivity contribution is 6.62. The van der Waals surface area contributed by atoms with E-state index in [9.17, 15) is 0 Å². The van der Waals surface area contributed by atoms with E-state index in [4.69, 9.17) is 15.0 Å². The molecule has 47 heavy (non-hydrogen) atoms. The summed E-state index contributed by atoms with van der Waals surface area (Å²) in [4.78, 5) is 15.1. The number of aromatic nitrogens is 4. The molecule has 0 fully saturated rings. The van der Waals surface area contributed by atoms with E-state index in [0.29, 0.717) is 17.5 Å². The van der Waals surface area contributed by atoms with Gasteiger partial charge >= 0.3 is 0 Å². The standard InChI is InChI=1S/C39H30B4N4/c40-33-31(27-19-9-12-22-30(27)47-28-20-10-7-17-25(28)26-18-8-11-21-29(26)47)34(41)36(43)32(35(33)42)39-45-37(23-13-3-1-4-14-23)44-38(46-39)24-15-5-2-6-16-24/h1-22H,40-43H2. The average Bonchev–Trinajstić information content (AvgIpc) is 3.46. The number of hydrogen-bond acceptors (Lipinski definition) is 3. The van der Waals surface area contributed by atoms with E-state index in [0.717, 1.165) is 16.7 Å². The fourth-order valence-corrected chi connectivity index (χ4v) is 7.03. The monoisotopic (exact) mass is 598 g/mol. The van der Waals surface area contributed by atoms with Crippen LogP contribution in [0.3, 0.4) is 0 Å². The lowest BCUT2D eigenvalue weighted by Gasteiger charge is -2.24. The zero-order valence-corrected chi connectivity index (χ0v) is 27.0. The second kappa shape index (κ2) is 11.6. The van der Waals surface area contributed by atoms with Crippen LogP contribution >= 0.6 is 0 Å². The van der Waals surface area contributed by atoms with Crippen LogP contribution in [0.25, 0.3) is 72.8 Å². The summed E-state index contributed by atoms with van der Waals surface area (Å²) in [7, 11) is 8.89. The summed E-state index contributed by atoms with van der Waals surface area (Å²) < 4.78 is 2.42. The van der Waals surface area contributed by atoms with Crippen molar-refractivity contribution in [2.24, 2.45) is 0 Å². The number of nitrogens with zero attached hydrogens (tertiary/aromatic N) is 4. The maximum Gasteiger partial charge on any atom is 0.164 e. The maximum absolute atomic E-state index is 5.11. The molecule has 0 spiro atoms. The zero-order chi connectivity index (χ0) is 32.1. The van der Waals surface area contributed by atoms with Gasteiger partial charge in [-0.15, -0.1) is 0 Å². The first-order valence-electron chi connectivity index (χ1n) is 16.1. The third-order valence-electron chi connectivity index (χ3n) is 9.54. The topological polar surface area (TPSA) is 43.6 Å². The predicted octanol–water partition coefficient (Wildman–Crippen LogP) is 2.67. The van der Waals surface area contributed by atoms with Gasteiger partial charge in [0.05, 0.1) is 16.7 Å². The van der Waals surface area contributed by atoms with Gasteiger partial charge in [0.15, 0.2) is 17.5 Å². The van der Waals surface area contributed by atoms with Gasteiger partial charge in [0.25, 0.3) is 0 Å². The normalized spacial score (nSPS) is 11.3. The quantitative estimate of drug-likeness (QED) is 0.287. The molecule has 0 amide bonds. The summed E-state index contributed by atoms with van der Waals surface area (Å²) >= 11 is 0. The molecule has 0 bridgehead atoms. The van der Waals surface area contributed by atoms with E-state index in [1.165, 1.54) is 60.5 Å². The number of hydrogen-bond donors (Lipinski definition) is 0. The first kappa shape index (κ1) is 28.8. The van der Waals surface area contributed by atoms with Crippen molar-refractivity contribution < 1.29 is 0 Å². The molecule has 0 saturated carbocycles. The third kappa shape index (κ3) is 4.80. The number of rotatable bonds is 5. The van der Waals surface area contributed by atoms with Crippen LogP contribution in [0.4, 0.5) is 0 Å². The van der Waals surface area contributed by atoms with E-state index in [1.807, 2.05) is 36.4 Å². The zero-order valence-electron chi connectivity index (χ0n) is 27.0. The largest absolute Gasteiger partial charge is 0.309 e. The Morgan fingerprint density at radius 1 is 0.383 bits per heavy atom. The minimum atomic E-state index is 0.671. The van der Waals surface area contributed by atoms with Crippen LogP contribution in [-0.2, 0) is 0 Å². The summed E-state index contributed by atoms with van der Waals surface area (Å²) in [6.45, 7) is 0. The van der Waals surface area contributed by atoms with Crippen LogP contribution in [-0.4, -0.2) is 50.9 Å². The van der Waals surface area contributed by atoms with Crippen molar-refractivity contribution in [2.75, 3.05) is 0 Å². The van der Waals surface area contributed by atoms with Gasteiger partial charge in [-0.1, -0.05) is 137 Å². The Morgan fingerprint density at radius 3 is 1.32 bits per heavy atom. The van der Waals surface area contributed by atoms with Crippen LogP contribution in [0.5, 0.6) is 0 Å². The molecule has 0 atom stereocenters. The fraction of sp³-hybridized carbons (Fsp3) is 0. The number of para-hydroxylation sites is 3. The van der Waals surface area contributed by atoms with Crippen molar-refractivity contribution in [3.8, 4) is 51.0 Å². The molecule has 218 valence electrons. The minimum absolute atomic E-state index is 0.671. The Bertz CT molecular complexity index is 2320. The van der Waals surface area contributed by atoms with Gasteiger partial charge in [-0.25, -0.2) is 15.0 Å². The molecular formula is C39H30B4N4. The van der Waals surface area contributed by atoms with Crippen LogP contribution in [0.1, 0.15) is 0 Å². The molecule has 8 rings (SSSR count). The molecule has 0 aliphatic carbocycles. The highest BCUT2D eigenvalue weighted by atomic mass is 15.0. The van der Waals surface area contributed by atoms with E-state index in [1.54, 1.807) is 0 Å². The van der Waals surface area contributed by atoms with E-state index >= 15 is 0 Å². The Morgan fingerprint density at radius 2 is 0.787 bits per heavy atom. The molecule has 0 unspecified atom stereocenters. The van der Waals surface area contributed by atoms with Crippen molar-refractivity contribution in [3.63, 3.8) is 0 Å². The molecule has 2 aromatic heterocycles. The molecule has 8 heteroatoms. The number of fused-ring (bicyclic) bond motifs is 3. The Hall–Kier alpha value is -5.61. The summed E-state index contributed by atoms with van der Waals surface area (Å²) in [5.74, 6) is 2.04. The van der Waals surface area contributed by atoms with Crippen LogP contribution in [0.15, 0.2) is 133 Å². The van der Waals surface area contributed by atoms with Crippen molar-refractivity contribution in [1.82, 2.24) is 19.5 Å². The lowest BCUT2D eigenvalue weighted by Crippen LogP contribution is -2.45. The van der Waals surface area contributed by atoms with Crippen molar-refractivity contribution in [3.05, 3.63) is 133 Å². The molecule has 6 aromatic carbocycles. The highest BCUT2D eigenvalue weighted by Crippen LogP contribution is 2.35. The Labute approximate surface area is 278 Å². The first-order chi connectivity index (χ1) is 23.0. The van der Waals surface area contributed by atoms with Crippen LogP contribution in [0, 0.1) is 0 Å². The van der Waals surface area contributed by atoms with Gasteiger partial charge in [0.1, 0.15) is 31.4 Å². The summed E-state index contributed by atoms with van der Waals surface area (Å²) in [5.41, 5.74) is 13.8. The SMILES string of the molecule is Bc1c(B)c(-c2ccccc2-n2c3ccccc3c3ccccc32)c(B)c(B)c1-c1nc(-c2ccccc2)nc(-c2ccccc2)n1. The molecule has 0 radical (unpaired) electrons. The van der Waals surface area contributed by atoms with Gasteiger partial charge in [0, 0.05) is 33.0 Å². The predicted molar refractivity (Wildman–Crippen MR) is 209 cm³/mol. The molecule has 4 nitrogen and oxygen atoms in total. The Balaban J connectivity index is 1.36. The lowest BCUT2D eigenvalue weighted by molar-refractivity contribution is 1.08. The van der Waals surface area contributed by atoms with Gasteiger partial charge in [-0.2, -0.15) is 0 Å². The minimum Gasteiger partial charge on any atom is -0.309 e. The van der Waals surface area contributed by atoms with E-state index in [-0.39, 0.29) is 0 Å². The van der Waals surface area contributed by atoms with E-state index in [2.05, 4.69) is 133 Å². The lowest BCUT2D eigenvalue weighted by atomic mass is 9.63. The maximum atomic E-state index is 5.11. The molecule has 8 aromatic rings. The molecule has 0 N–H and O–H groups in total. The van der Waals surface area contributed by atoms with Gasteiger partial charge < -0.3 is 4.57 Å². The van der Waals surface area contributed by atoms with Gasteiger partial charge in [0.2, 0.25) is 0 Å².